The zero-order valence-corrected chi connectivity index (χ0v) is 80.1. The molecule has 1 heterocycles. The van der Waals surface area contributed by atoms with Crippen molar-refractivity contribution in [2.24, 2.45) is 111 Å². The van der Waals surface area contributed by atoms with Gasteiger partial charge in [0.25, 0.3) is 0 Å². The van der Waals surface area contributed by atoms with Crippen LogP contribution < -0.4 is 17.0 Å². The van der Waals surface area contributed by atoms with E-state index in [4.69, 9.17) is 29.9 Å². The number of esters is 1. The molecule has 0 aromatic heterocycles. The Hall–Kier alpha value is -0.269. The monoisotopic (exact) mass is 1760 g/mol. The Kier molecular flexibility index (Phi) is 51.5. The molecule has 0 unspecified atom stereocenters. The van der Waals surface area contributed by atoms with Crippen molar-refractivity contribution in [2.75, 3.05) is 20.3 Å². The number of fused-ring (bicyclic) bond motifs is 15. The number of aliphatic hydroxyl groups is 9. The van der Waals surface area contributed by atoms with Gasteiger partial charge in [-0.15, -0.1) is 0 Å². The summed E-state index contributed by atoms with van der Waals surface area (Å²) < 4.78 is 9.80. The molecule has 9 saturated carbocycles. The van der Waals surface area contributed by atoms with Crippen molar-refractivity contribution >= 4 is 29.0 Å². The Morgan fingerprint density at radius 2 is 0.769 bits per heavy atom. The fraction of sp³-hybridized carbons (Fsp3) is 0.882. The first-order chi connectivity index (χ1) is 51.8. The van der Waals surface area contributed by atoms with E-state index in [1.54, 1.807) is 90.2 Å². The van der Waals surface area contributed by atoms with Crippen LogP contribution in [0.2, 0.25) is 0 Å². The third-order valence-electron chi connectivity index (χ3n) is 31.5. The molecule has 15 aliphatic rings. The number of carbonyl (C=O) groups excluding carboxylic acids is 1. The fourth-order valence-electron chi connectivity index (χ4n) is 24.9. The molecule has 0 spiro atoms. The number of halogens is 1. The molecule has 117 heavy (non-hydrogen) atoms. The molecular formula is C102H187BrMgO12Ti. The van der Waals surface area contributed by atoms with Crippen LogP contribution in [-0.2, 0) is 36.0 Å². The Bertz CT molecular complexity index is 2890. The zero-order valence-electron chi connectivity index (χ0n) is 75.6. The topological polar surface area (TPSA) is 218 Å². The Morgan fingerprint density at radius 3 is 1.09 bits per heavy atom. The van der Waals surface area contributed by atoms with Crippen LogP contribution in [0.3, 0.4) is 0 Å². The van der Waals surface area contributed by atoms with Gasteiger partial charge in [-0.05, 0) is 397 Å². The van der Waals surface area contributed by atoms with Gasteiger partial charge in [-0.1, -0.05) is 150 Å². The maximum atomic E-state index is 11.6. The van der Waals surface area contributed by atoms with E-state index in [2.05, 4.69) is 99.6 Å². The quantitative estimate of drug-likeness (QED) is 0.0324. The summed E-state index contributed by atoms with van der Waals surface area (Å²) in [6.45, 7) is 42.1. The third kappa shape index (κ3) is 31.0. The smallest absolute Gasteiger partial charge is 1.00 e. The molecule has 14 aliphatic carbocycles. The summed E-state index contributed by atoms with van der Waals surface area (Å²) in [6, 6.07) is 0. The van der Waals surface area contributed by atoms with Crippen molar-refractivity contribution in [2.45, 2.75) is 444 Å². The summed E-state index contributed by atoms with van der Waals surface area (Å²) in [4.78, 5) is 11.6. The van der Waals surface area contributed by atoms with E-state index in [9.17, 15) is 30.3 Å². The van der Waals surface area contributed by atoms with Crippen LogP contribution in [0.25, 0.3) is 0 Å². The fourth-order valence-corrected chi connectivity index (χ4v) is 24.9. The summed E-state index contributed by atoms with van der Waals surface area (Å²) in [5.74, 6) is 12.4. The molecule has 12 nitrogen and oxygen atoms in total. The van der Waals surface area contributed by atoms with Crippen molar-refractivity contribution in [1.82, 2.24) is 0 Å². The number of ether oxygens (including phenoxy) is 2. The minimum Gasteiger partial charge on any atom is -1.00 e. The molecule has 10 fully saturated rings. The molecule has 15 rings (SSSR count). The summed E-state index contributed by atoms with van der Waals surface area (Å²) in [7, 11) is 1.48. The second-order valence-corrected chi connectivity index (χ2v) is 40.6. The number of hydrogen-bond acceptors (Lipinski definition) is 12. The molecule has 0 radical (unpaired) electrons. The Morgan fingerprint density at radius 1 is 0.444 bits per heavy atom. The van der Waals surface area contributed by atoms with E-state index < -0.39 is 16.8 Å². The molecule has 0 aromatic carbocycles. The SMILES string of the molecule is C.C.C.C.C1CCOC1.CC(C)O.CC(C)O.CC(C)O.CC(C)O.CC[C@]1(O)CC[C@H]2C(=CC[C@@H]3[C@@H]2CC[C@]2(C)C([C@H](C)CCC(=O)OC)=CC[C@@H]32)C1.CC[C@]1(O)CC[C@H]2C(=CC[C@@H]3[C@@H]2CC[C@]2(C)C([C@H](C)CCC4(O)CC4)=CC[C@@H]32)C1.CC[C@]1(O)CC[C@H]2C(=CC[C@@H]3[C@@H]2CC[C@]2(C)[C@@H]([C@H](C)CCC4(O)CC4)CC[C@@H]32)C1.[Br-].[CH2-]C.[Mg+2].[Ti]. The number of carbonyl (C=O) groups is 1. The molecule has 9 N–H and O–H groups in total. The van der Waals surface area contributed by atoms with Crippen LogP contribution in [0.5, 0.6) is 0 Å². The first-order valence-corrected chi connectivity index (χ1v) is 46.0. The average Bonchev–Trinajstić information content (AvgIpc) is 1.61. The van der Waals surface area contributed by atoms with Gasteiger partial charge in [0.1, 0.15) is 0 Å². The minimum absolute atomic E-state index is 0. The van der Waals surface area contributed by atoms with Crippen LogP contribution in [0.4, 0.5) is 0 Å². The second-order valence-electron chi connectivity index (χ2n) is 40.6. The van der Waals surface area contributed by atoms with Crippen LogP contribution in [0.15, 0.2) is 58.2 Å². The van der Waals surface area contributed by atoms with E-state index in [1.165, 1.54) is 129 Å². The number of hydrogen-bond donors (Lipinski definition) is 9. The molecule has 0 amide bonds. The molecule has 1 saturated heterocycles. The van der Waals surface area contributed by atoms with Gasteiger partial charge in [0, 0.05) is 65.8 Å². The first-order valence-electron chi connectivity index (χ1n) is 46.0. The van der Waals surface area contributed by atoms with E-state index in [0.29, 0.717) is 40.4 Å². The van der Waals surface area contributed by atoms with Crippen molar-refractivity contribution in [3.05, 3.63) is 65.2 Å². The van der Waals surface area contributed by atoms with Gasteiger partial charge in [0.05, 0.1) is 35.1 Å². The van der Waals surface area contributed by atoms with Crippen LogP contribution >= 0.6 is 0 Å². The molecular weight excluding hydrogens is 1570 g/mol. The standard InChI is InChI=1S/C27H44O2.C27H42O2.C26H40O3.C4H8O.4C3H8O.C2H5.4CH4.BrH.Mg.Ti/c2*1-4-26(28)14-11-20-19(17-26)5-6-22-21(20)10-12-25(3)23(7-8-24(22)25)18(2)9-13-27(29)15-16-27;1-5-26(28)15-13-19-18(16-26)7-8-21-20(19)12-14-25(3)22(9-10-23(21)25)17(2)6-11-24(27)29-4;1-2-4-5-3-1;4*1-3(2)4;1-2;;;;;;;/h5,18,20-24,28-29H,4,6-17H2,1-3H3;5,7,18,20-22,24,28-29H,4,6,8-17H2,1-3H3;7,9,17,19-21,23,28H,5-6,8,10-16H2,1-4H3;1-4H2;4*3-4H,1-2H3;1H2,2H3;4*1H4;1H;;/q;;;;;;;;-1;;;;;;+2;/p-1/t18-,20+,21-,22-,23-,24+,25-,26+;18-,20+,21-,22-,24+,25-,26+;17-,19+,20-,21-,23+,25-,26+;;;;;;;;;;;;;/m111............./s1. The van der Waals surface area contributed by atoms with Crippen molar-refractivity contribution in [1.29, 1.82) is 0 Å². The van der Waals surface area contributed by atoms with Gasteiger partial charge >= 0.3 is 29.0 Å². The van der Waals surface area contributed by atoms with Crippen molar-refractivity contribution in [3.8, 4) is 0 Å². The van der Waals surface area contributed by atoms with Gasteiger partial charge in [0.2, 0.25) is 0 Å². The van der Waals surface area contributed by atoms with Gasteiger partial charge in [-0.2, -0.15) is 6.92 Å². The van der Waals surface area contributed by atoms with Crippen molar-refractivity contribution in [3.63, 3.8) is 0 Å². The molecule has 680 valence electrons. The molecule has 0 aromatic rings. The maximum Gasteiger partial charge on any atom is 2.00 e. The van der Waals surface area contributed by atoms with Gasteiger partial charge in [-0.3, -0.25) is 4.79 Å². The second kappa shape index (κ2) is 51.7. The number of rotatable bonds is 15. The summed E-state index contributed by atoms with van der Waals surface area (Å²) in [6.07, 6.45) is 53.9. The number of methoxy groups -OCH3 is 1. The third-order valence-corrected chi connectivity index (χ3v) is 31.5. The van der Waals surface area contributed by atoms with Crippen LogP contribution in [-0.4, -0.2) is 148 Å². The Balaban J connectivity index is 0.00000148. The summed E-state index contributed by atoms with van der Waals surface area (Å²) in [5.41, 5.74) is 7.46. The van der Waals surface area contributed by atoms with E-state index in [-0.39, 0.29) is 133 Å². The molecule has 1 aliphatic heterocycles. The maximum absolute atomic E-state index is 11.6. The predicted octanol–water partition coefficient (Wildman–Crippen LogP) is 20.6. The normalized spacial score (nSPS) is 36.3. The molecule has 0 bridgehead atoms. The number of allylic oxidation sites excluding steroid dienone is 7. The zero-order chi connectivity index (χ0) is 81.5. The molecule has 22 atom stereocenters. The largest absolute Gasteiger partial charge is 2.00 e. The number of aliphatic hydroxyl groups excluding tert-OH is 4. The van der Waals surface area contributed by atoms with E-state index >= 15 is 0 Å². The Labute approximate surface area is 762 Å². The van der Waals surface area contributed by atoms with E-state index in [1.807, 2.05) is 0 Å². The average molecular weight is 1760 g/mol. The summed E-state index contributed by atoms with van der Waals surface area (Å²) in [5, 5.41) is 85.4. The van der Waals surface area contributed by atoms with Crippen LogP contribution in [0.1, 0.15) is 392 Å². The molecule has 15 heteroatoms. The van der Waals surface area contributed by atoms with Gasteiger partial charge in [0.15, 0.2) is 0 Å². The predicted molar refractivity (Wildman–Crippen MR) is 486 cm³/mol. The minimum atomic E-state index is -0.449. The van der Waals surface area contributed by atoms with Gasteiger partial charge < -0.3 is 79.3 Å². The van der Waals surface area contributed by atoms with E-state index in [0.717, 1.165) is 199 Å². The first kappa shape index (κ1) is 117. The van der Waals surface area contributed by atoms with Crippen LogP contribution in [0, 0.1) is 118 Å². The summed E-state index contributed by atoms with van der Waals surface area (Å²) >= 11 is 0. The van der Waals surface area contributed by atoms with Crippen molar-refractivity contribution < 1.29 is 98.9 Å². The van der Waals surface area contributed by atoms with Gasteiger partial charge in [-0.25, -0.2) is 0 Å².